The monoisotopic (exact) mass is 410 g/mol. The first-order valence-corrected chi connectivity index (χ1v) is 11.4. The number of carbonyl (C=O) groups excluding carboxylic acids is 1. The summed E-state index contributed by atoms with van der Waals surface area (Å²) < 4.78 is 39.9. The average Bonchev–Trinajstić information content (AvgIpc) is 2.61. The number of hydrogen-bond donors (Lipinski definition) is 1. The van der Waals surface area contributed by atoms with E-state index < -0.39 is 27.8 Å². The third-order valence-corrected chi connectivity index (χ3v) is 5.99. The minimum absolute atomic E-state index is 0.141. The van der Waals surface area contributed by atoms with E-state index in [2.05, 4.69) is 5.32 Å². The van der Waals surface area contributed by atoms with Crippen LogP contribution < -0.4 is 9.62 Å². The lowest BCUT2D eigenvalue weighted by atomic mass is 10.1. The molecule has 27 heavy (non-hydrogen) atoms. The van der Waals surface area contributed by atoms with Crippen molar-refractivity contribution in [3.8, 4) is 0 Å². The van der Waals surface area contributed by atoms with Gasteiger partial charge in [0.15, 0.2) is 0 Å². The van der Waals surface area contributed by atoms with Crippen LogP contribution in [0.2, 0.25) is 0 Å². The van der Waals surface area contributed by atoms with E-state index in [1.807, 2.05) is 19.1 Å². The third-order valence-electron chi connectivity index (χ3n) is 3.86. The fraction of sp³-hybridized carbons (Fsp3) is 0.316. The molecule has 0 spiro atoms. The van der Waals surface area contributed by atoms with Crippen molar-refractivity contribution in [2.45, 2.75) is 31.2 Å². The van der Waals surface area contributed by atoms with Crippen molar-refractivity contribution in [3.05, 3.63) is 54.3 Å². The number of anilines is 2. The van der Waals surface area contributed by atoms with E-state index in [-0.39, 0.29) is 12.1 Å². The van der Waals surface area contributed by atoms with Gasteiger partial charge in [0.2, 0.25) is 15.9 Å². The van der Waals surface area contributed by atoms with Gasteiger partial charge in [-0.1, -0.05) is 38.1 Å². The van der Waals surface area contributed by atoms with Gasteiger partial charge in [0.05, 0.1) is 17.6 Å². The minimum atomic E-state index is -3.88. The van der Waals surface area contributed by atoms with Gasteiger partial charge in [-0.05, 0) is 36.4 Å². The lowest BCUT2D eigenvalue weighted by Gasteiger charge is -2.30. The number of halogens is 1. The molecule has 2 rings (SSSR count). The van der Waals surface area contributed by atoms with Crippen molar-refractivity contribution in [2.24, 2.45) is 0 Å². The number of carbonyl (C=O) groups is 1. The zero-order valence-electron chi connectivity index (χ0n) is 15.5. The zero-order chi connectivity index (χ0) is 20.0. The molecule has 1 N–H and O–H groups in total. The van der Waals surface area contributed by atoms with Gasteiger partial charge in [-0.3, -0.25) is 9.10 Å². The number of hydrogen-bond acceptors (Lipinski definition) is 4. The molecule has 0 saturated heterocycles. The summed E-state index contributed by atoms with van der Waals surface area (Å²) in [7, 11) is -3.88. The highest BCUT2D eigenvalue weighted by molar-refractivity contribution is 7.99. The SMILES string of the molecule is CCSc1ccccc1NC(=O)C(CC)N(c1ccccc1F)S(C)(=O)=O. The largest absolute Gasteiger partial charge is 0.323 e. The van der Waals surface area contributed by atoms with Crippen LogP contribution in [0.3, 0.4) is 0 Å². The fourth-order valence-corrected chi connectivity index (χ4v) is 4.71. The van der Waals surface area contributed by atoms with Gasteiger partial charge in [-0.25, -0.2) is 12.8 Å². The second-order valence-corrected chi connectivity index (χ2v) is 9.02. The molecule has 0 heterocycles. The summed E-state index contributed by atoms with van der Waals surface area (Å²) in [6, 6.07) is 11.8. The van der Waals surface area contributed by atoms with Crippen molar-refractivity contribution in [1.29, 1.82) is 0 Å². The first kappa shape index (κ1) is 21.2. The molecule has 8 heteroatoms. The van der Waals surface area contributed by atoms with Crippen LogP contribution in [0.1, 0.15) is 20.3 Å². The summed E-state index contributed by atoms with van der Waals surface area (Å²) in [4.78, 5) is 13.8. The van der Waals surface area contributed by atoms with Gasteiger partial charge in [-0.2, -0.15) is 0 Å². The number of thioether (sulfide) groups is 1. The molecule has 2 aromatic rings. The van der Waals surface area contributed by atoms with E-state index in [0.717, 1.165) is 21.2 Å². The Hall–Kier alpha value is -2.06. The van der Waals surface area contributed by atoms with Crippen molar-refractivity contribution in [2.75, 3.05) is 21.6 Å². The normalized spacial score (nSPS) is 12.4. The maximum absolute atomic E-state index is 14.3. The quantitative estimate of drug-likeness (QED) is 0.665. The fourth-order valence-electron chi connectivity index (χ4n) is 2.73. The number of rotatable bonds is 8. The van der Waals surface area contributed by atoms with Gasteiger partial charge in [-0.15, -0.1) is 11.8 Å². The smallest absolute Gasteiger partial charge is 0.248 e. The Morgan fingerprint density at radius 3 is 2.37 bits per heavy atom. The molecule has 0 aliphatic carbocycles. The molecular weight excluding hydrogens is 387 g/mol. The Labute approximate surface area is 164 Å². The summed E-state index contributed by atoms with van der Waals surface area (Å²) >= 11 is 1.57. The molecule has 0 aliphatic rings. The molecule has 0 aliphatic heterocycles. The third kappa shape index (κ3) is 5.23. The van der Waals surface area contributed by atoms with Crippen molar-refractivity contribution < 1.29 is 17.6 Å². The molecule has 5 nitrogen and oxygen atoms in total. The maximum Gasteiger partial charge on any atom is 0.248 e. The average molecular weight is 411 g/mol. The van der Waals surface area contributed by atoms with Crippen molar-refractivity contribution in [3.63, 3.8) is 0 Å². The summed E-state index contributed by atoms with van der Waals surface area (Å²) in [5, 5.41) is 2.80. The Kier molecular flexibility index (Phi) is 7.26. The van der Waals surface area contributed by atoms with E-state index in [1.165, 1.54) is 24.3 Å². The van der Waals surface area contributed by atoms with Gasteiger partial charge < -0.3 is 5.32 Å². The molecule has 0 radical (unpaired) electrons. The Balaban J connectivity index is 2.40. The van der Waals surface area contributed by atoms with Crippen molar-refractivity contribution in [1.82, 2.24) is 0 Å². The molecule has 0 saturated carbocycles. The first-order chi connectivity index (χ1) is 12.8. The molecule has 1 atom stereocenters. The number of amides is 1. The van der Waals surface area contributed by atoms with Crippen LogP contribution in [0, 0.1) is 5.82 Å². The van der Waals surface area contributed by atoms with E-state index in [9.17, 15) is 17.6 Å². The molecule has 146 valence electrons. The second kappa shape index (κ2) is 9.23. The predicted molar refractivity (Wildman–Crippen MR) is 109 cm³/mol. The maximum atomic E-state index is 14.3. The minimum Gasteiger partial charge on any atom is -0.323 e. The Morgan fingerprint density at radius 1 is 1.15 bits per heavy atom. The standard InChI is InChI=1S/C19H23FN2O3S2/c1-4-16(19(23)21-15-11-7-9-13-18(15)26-5-2)22(27(3,24)25)17-12-8-6-10-14(17)20/h6-13,16H,4-5H2,1-3H3,(H,21,23). The van der Waals surface area contributed by atoms with Gasteiger partial charge >= 0.3 is 0 Å². The van der Waals surface area contributed by atoms with Crippen LogP contribution in [0.15, 0.2) is 53.4 Å². The summed E-state index contributed by atoms with van der Waals surface area (Å²) in [5.41, 5.74) is 0.466. The van der Waals surface area contributed by atoms with Crippen LogP contribution in [-0.2, 0) is 14.8 Å². The first-order valence-electron chi connectivity index (χ1n) is 8.56. The lowest BCUT2D eigenvalue weighted by Crippen LogP contribution is -2.47. The van der Waals surface area contributed by atoms with Crippen LogP contribution in [0.5, 0.6) is 0 Å². The van der Waals surface area contributed by atoms with Crippen molar-refractivity contribution >= 4 is 39.1 Å². The van der Waals surface area contributed by atoms with Crippen LogP contribution in [0.4, 0.5) is 15.8 Å². The second-order valence-electron chi connectivity index (χ2n) is 5.85. The summed E-state index contributed by atoms with van der Waals surface area (Å²) in [6.45, 7) is 3.69. The topological polar surface area (TPSA) is 66.5 Å². The van der Waals surface area contributed by atoms with Crippen LogP contribution in [-0.4, -0.2) is 32.4 Å². The highest BCUT2D eigenvalue weighted by atomic mass is 32.2. The van der Waals surface area contributed by atoms with Gasteiger partial charge in [0.25, 0.3) is 0 Å². The Bertz CT molecular complexity index is 903. The number of nitrogens with one attached hydrogen (secondary N) is 1. The molecule has 2 aromatic carbocycles. The van der Waals surface area contributed by atoms with E-state index >= 15 is 0 Å². The molecule has 1 unspecified atom stereocenters. The van der Waals surface area contributed by atoms with E-state index in [0.29, 0.717) is 5.69 Å². The summed E-state index contributed by atoms with van der Waals surface area (Å²) in [6.07, 6.45) is 1.16. The number of benzene rings is 2. The van der Waals surface area contributed by atoms with Crippen LogP contribution in [0.25, 0.3) is 0 Å². The highest BCUT2D eigenvalue weighted by Gasteiger charge is 2.33. The van der Waals surface area contributed by atoms with Crippen LogP contribution >= 0.6 is 11.8 Å². The molecule has 1 amide bonds. The lowest BCUT2D eigenvalue weighted by molar-refractivity contribution is -0.117. The molecule has 0 aromatic heterocycles. The van der Waals surface area contributed by atoms with Gasteiger partial charge in [0, 0.05) is 4.90 Å². The van der Waals surface area contributed by atoms with E-state index in [4.69, 9.17) is 0 Å². The number of nitrogens with zero attached hydrogens (tertiary/aromatic N) is 1. The zero-order valence-corrected chi connectivity index (χ0v) is 17.1. The highest BCUT2D eigenvalue weighted by Crippen LogP contribution is 2.29. The molecule has 0 fully saturated rings. The number of para-hydroxylation sites is 2. The number of sulfonamides is 1. The summed E-state index contributed by atoms with van der Waals surface area (Å²) in [5.74, 6) is -0.374. The predicted octanol–water partition coefficient (Wildman–Crippen LogP) is 4.12. The van der Waals surface area contributed by atoms with E-state index in [1.54, 1.807) is 30.8 Å². The molecule has 0 bridgehead atoms. The Morgan fingerprint density at radius 2 is 1.78 bits per heavy atom. The molecular formula is C19H23FN2O3S2. The van der Waals surface area contributed by atoms with Gasteiger partial charge in [0.1, 0.15) is 11.9 Å².